The third-order valence-electron chi connectivity index (χ3n) is 3.46. The number of fused-ring (bicyclic) bond motifs is 1. The normalized spacial score (nSPS) is 18.0. The summed E-state index contributed by atoms with van der Waals surface area (Å²) in [7, 11) is 0. The third kappa shape index (κ3) is 3.44. The van der Waals surface area contributed by atoms with Crippen molar-refractivity contribution in [2.75, 3.05) is 5.32 Å². The van der Waals surface area contributed by atoms with Crippen LogP contribution in [-0.4, -0.2) is 21.4 Å². The predicted molar refractivity (Wildman–Crippen MR) is 87.8 cm³/mol. The quantitative estimate of drug-likeness (QED) is 0.939. The van der Waals surface area contributed by atoms with Crippen LogP contribution in [0.5, 0.6) is 0 Å². The van der Waals surface area contributed by atoms with Crippen LogP contribution in [0.15, 0.2) is 24.3 Å². The largest absolute Gasteiger partial charge is 0.325 e. The van der Waals surface area contributed by atoms with Crippen LogP contribution in [0.1, 0.15) is 28.9 Å². The van der Waals surface area contributed by atoms with E-state index >= 15 is 0 Å². The van der Waals surface area contributed by atoms with Crippen LogP contribution < -0.4 is 5.32 Å². The number of hydrogen-bond acceptors (Lipinski definition) is 5. The zero-order chi connectivity index (χ0) is 14.7. The van der Waals surface area contributed by atoms with E-state index in [0.717, 1.165) is 40.7 Å². The number of amides is 1. The van der Waals surface area contributed by atoms with Gasteiger partial charge in [-0.3, -0.25) is 4.79 Å². The Bertz CT molecular complexity index is 641. The van der Waals surface area contributed by atoms with Gasteiger partial charge in [-0.25, -0.2) is 0 Å². The summed E-state index contributed by atoms with van der Waals surface area (Å²) >= 11 is 3.30. The molecule has 1 aliphatic heterocycles. The number of hydrogen-bond donors (Lipinski definition) is 1. The number of nitrogens with zero attached hydrogens (tertiary/aromatic N) is 2. The molecule has 1 aliphatic rings. The molecule has 4 nitrogen and oxygen atoms in total. The Morgan fingerprint density at radius 1 is 1.33 bits per heavy atom. The van der Waals surface area contributed by atoms with E-state index in [4.69, 9.17) is 0 Å². The molecule has 0 radical (unpaired) electrons. The molecule has 110 valence electrons. The molecule has 0 aliphatic carbocycles. The van der Waals surface area contributed by atoms with Crippen molar-refractivity contribution < 1.29 is 4.79 Å². The van der Waals surface area contributed by atoms with Gasteiger partial charge in [-0.2, -0.15) is 0 Å². The number of aromatic nitrogens is 2. The van der Waals surface area contributed by atoms with Crippen molar-refractivity contribution in [3.8, 4) is 0 Å². The van der Waals surface area contributed by atoms with E-state index in [1.807, 2.05) is 18.2 Å². The first-order valence-electron chi connectivity index (χ1n) is 7.08. The molecule has 1 amide bonds. The second kappa shape index (κ2) is 6.58. The summed E-state index contributed by atoms with van der Waals surface area (Å²) in [6.07, 6.45) is 2.72. The van der Waals surface area contributed by atoms with Gasteiger partial charge in [-0.05, 0) is 30.9 Å². The van der Waals surface area contributed by atoms with Crippen LogP contribution in [0.3, 0.4) is 0 Å². The first kappa shape index (κ1) is 14.5. The van der Waals surface area contributed by atoms with Crippen LogP contribution in [0.25, 0.3) is 0 Å². The molecule has 0 bridgehead atoms. The predicted octanol–water partition coefficient (Wildman–Crippen LogP) is 3.29. The van der Waals surface area contributed by atoms with E-state index in [0.29, 0.717) is 0 Å². The number of anilines is 1. The molecule has 1 atom stereocenters. The third-order valence-corrected chi connectivity index (χ3v) is 6.01. The maximum Gasteiger partial charge on any atom is 0.237 e. The van der Waals surface area contributed by atoms with Crippen LogP contribution in [0.2, 0.25) is 0 Å². The molecule has 2 heterocycles. The number of para-hydroxylation sites is 1. The molecular weight excluding hydrogens is 302 g/mol. The van der Waals surface area contributed by atoms with Gasteiger partial charge in [0.1, 0.15) is 10.0 Å². The van der Waals surface area contributed by atoms with Gasteiger partial charge in [-0.1, -0.05) is 25.1 Å². The van der Waals surface area contributed by atoms with Crippen molar-refractivity contribution in [1.29, 1.82) is 0 Å². The lowest BCUT2D eigenvalue weighted by molar-refractivity contribution is -0.115. The van der Waals surface area contributed by atoms with Crippen molar-refractivity contribution in [1.82, 2.24) is 10.2 Å². The Labute approximate surface area is 132 Å². The van der Waals surface area contributed by atoms with Gasteiger partial charge in [0.05, 0.1) is 5.25 Å². The van der Waals surface area contributed by atoms with Crippen LogP contribution in [0, 0.1) is 0 Å². The molecule has 0 saturated carbocycles. The topological polar surface area (TPSA) is 54.9 Å². The first-order valence-corrected chi connectivity index (χ1v) is 8.94. The van der Waals surface area contributed by atoms with Crippen molar-refractivity contribution in [3.63, 3.8) is 0 Å². The van der Waals surface area contributed by atoms with Gasteiger partial charge >= 0.3 is 0 Å². The molecule has 0 spiro atoms. The Balaban J connectivity index is 1.63. The number of aryl methyl sites for hydroxylation is 2. The number of thioether (sulfide) groups is 1. The zero-order valence-electron chi connectivity index (χ0n) is 11.8. The molecule has 1 aromatic carbocycles. The Kier molecular flexibility index (Phi) is 4.55. The summed E-state index contributed by atoms with van der Waals surface area (Å²) in [5, 5.41) is 13.4. The first-order chi connectivity index (χ1) is 10.3. The minimum Gasteiger partial charge on any atom is -0.325 e. The Morgan fingerprint density at radius 2 is 2.14 bits per heavy atom. The second-order valence-corrected chi connectivity index (χ2v) is 7.27. The summed E-state index contributed by atoms with van der Waals surface area (Å²) in [4.78, 5) is 12.3. The highest BCUT2D eigenvalue weighted by atomic mass is 32.2. The molecular formula is C15H17N3OS2. The lowest BCUT2D eigenvalue weighted by Gasteiger charge is -2.11. The van der Waals surface area contributed by atoms with Gasteiger partial charge < -0.3 is 5.32 Å². The maximum atomic E-state index is 12.3. The van der Waals surface area contributed by atoms with Crippen LogP contribution in [-0.2, 0) is 23.4 Å². The number of benzene rings is 1. The SMILES string of the molecule is CCc1nnc(CS[C@H]2CCc3ccccc3NC2=O)s1. The molecule has 1 N–H and O–H groups in total. The summed E-state index contributed by atoms with van der Waals surface area (Å²) in [6.45, 7) is 2.08. The number of rotatable bonds is 4. The van der Waals surface area contributed by atoms with E-state index in [1.165, 1.54) is 5.56 Å². The van der Waals surface area contributed by atoms with Crippen molar-refractivity contribution in [2.45, 2.75) is 37.2 Å². The number of carbonyl (C=O) groups excluding carboxylic acids is 1. The molecule has 21 heavy (non-hydrogen) atoms. The standard InChI is InChI=1S/C15H17N3OS2/c1-2-13-17-18-14(21-13)9-20-12-8-7-10-5-3-4-6-11(10)16-15(12)19/h3-6,12H,2,7-9H2,1H3,(H,16,19)/t12-/m0/s1. The lowest BCUT2D eigenvalue weighted by atomic mass is 10.1. The lowest BCUT2D eigenvalue weighted by Crippen LogP contribution is -2.23. The van der Waals surface area contributed by atoms with E-state index in [9.17, 15) is 4.79 Å². The van der Waals surface area contributed by atoms with Gasteiger partial charge in [0.15, 0.2) is 0 Å². The summed E-state index contributed by atoms with van der Waals surface area (Å²) in [5.74, 6) is 0.858. The molecule has 3 rings (SSSR count). The average molecular weight is 319 g/mol. The molecule has 1 aromatic heterocycles. The molecule has 6 heteroatoms. The number of carbonyl (C=O) groups is 1. The fourth-order valence-electron chi connectivity index (χ4n) is 2.31. The van der Waals surface area contributed by atoms with Crippen LogP contribution in [0.4, 0.5) is 5.69 Å². The highest BCUT2D eigenvalue weighted by Crippen LogP contribution is 2.29. The fourth-order valence-corrected chi connectivity index (χ4v) is 4.23. The van der Waals surface area contributed by atoms with E-state index in [-0.39, 0.29) is 11.2 Å². The minimum atomic E-state index is -0.0219. The Morgan fingerprint density at radius 3 is 2.95 bits per heavy atom. The van der Waals surface area contributed by atoms with Crippen molar-refractivity contribution in [3.05, 3.63) is 39.8 Å². The minimum absolute atomic E-state index is 0.0219. The van der Waals surface area contributed by atoms with E-state index in [2.05, 4.69) is 28.5 Å². The Hall–Kier alpha value is -1.40. The second-order valence-electron chi connectivity index (χ2n) is 4.93. The molecule has 0 unspecified atom stereocenters. The summed E-state index contributed by atoms with van der Waals surface area (Å²) in [5.41, 5.74) is 2.17. The average Bonchev–Trinajstić information content (AvgIpc) is 2.90. The zero-order valence-corrected chi connectivity index (χ0v) is 13.5. The van der Waals surface area contributed by atoms with Gasteiger partial charge in [-0.15, -0.1) is 33.3 Å². The van der Waals surface area contributed by atoms with Crippen molar-refractivity contribution in [2.24, 2.45) is 0 Å². The van der Waals surface area contributed by atoms with Gasteiger partial charge in [0.2, 0.25) is 5.91 Å². The highest BCUT2D eigenvalue weighted by Gasteiger charge is 2.24. The van der Waals surface area contributed by atoms with Gasteiger partial charge in [0.25, 0.3) is 0 Å². The van der Waals surface area contributed by atoms with Gasteiger partial charge in [0, 0.05) is 11.4 Å². The van der Waals surface area contributed by atoms with E-state index in [1.54, 1.807) is 23.1 Å². The monoisotopic (exact) mass is 319 g/mol. The van der Waals surface area contributed by atoms with E-state index < -0.39 is 0 Å². The smallest absolute Gasteiger partial charge is 0.237 e. The highest BCUT2D eigenvalue weighted by molar-refractivity contribution is 8.00. The summed E-state index contributed by atoms with van der Waals surface area (Å²) < 4.78 is 0. The number of nitrogens with one attached hydrogen (secondary N) is 1. The maximum absolute atomic E-state index is 12.3. The molecule has 0 fully saturated rings. The molecule has 0 saturated heterocycles. The van der Waals surface area contributed by atoms with Crippen LogP contribution >= 0.6 is 23.1 Å². The molecule has 2 aromatic rings. The fraction of sp³-hybridized carbons (Fsp3) is 0.400. The summed E-state index contributed by atoms with van der Waals surface area (Å²) in [6, 6.07) is 8.03. The van der Waals surface area contributed by atoms with Crippen molar-refractivity contribution >= 4 is 34.7 Å².